The van der Waals surface area contributed by atoms with Crippen molar-refractivity contribution in [2.75, 3.05) is 25.0 Å². The van der Waals surface area contributed by atoms with Gasteiger partial charge in [0.1, 0.15) is 5.76 Å². The number of aliphatic hydroxyl groups is 1. The SMILES string of the molecule is Cc1nc(-c2cccc(NC(=O)NCC(O)CN3CCc4ccccc4C3)c2)oc1C. The van der Waals surface area contributed by atoms with Crippen molar-refractivity contribution in [2.24, 2.45) is 0 Å². The van der Waals surface area contributed by atoms with E-state index < -0.39 is 6.10 Å². The number of carbonyl (C=O) groups excluding carboxylic acids is 1. The van der Waals surface area contributed by atoms with Gasteiger partial charge in [-0.25, -0.2) is 9.78 Å². The van der Waals surface area contributed by atoms with Crippen molar-refractivity contribution in [3.63, 3.8) is 0 Å². The number of hydrogen-bond acceptors (Lipinski definition) is 5. The fraction of sp³-hybridized carbons (Fsp3) is 0.333. The van der Waals surface area contributed by atoms with E-state index in [-0.39, 0.29) is 12.6 Å². The second kappa shape index (κ2) is 9.32. The minimum Gasteiger partial charge on any atom is -0.441 e. The standard InChI is InChI=1S/C24H28N4O3/c1-16-17(2)31-23(26-16)19-8-5-9-21(12-19)27-24(30)25-13-22(29)15-28-11-10-18-6-3-4-7-20(18)14-28/h3-9,12,22,29H,10-11,13-15H2,1-2H3,(H2,25,27,30). The number of nitrogens with one attached hydrogen (secondary N) is 2. The van der Waals surface area contributed by atoms with Crippen LogP contribution in [0, 0.1) is 13.8 Å². The molecule has 1 atom stereocenters. The topological polar surface area (TPSA) is 90.6 Å². The molecule has 0 saturated carbocycles. The molecule has 162 valence electrons. The summed E-state index contributed by atoms with van der Waals surface area (Å²) in [5, 5.41) is 15.9. The number of anilines is 1. The van der Waals surface area contributed by atoms with Crippen LogP contribution in [0.1, 0.15) is 22.6 Å². The Labute approximate surface area is 182 Å². The van der Waals surface area contributed by atoms with Crippen molar-refractivity contribution in [1.82, 2.24) is 15.2 Å². The molecule has 2 amide bonds. The van der Waals surface area contributed by atoms with Crippen LogP contribution in [0.5, 0.6) is 0 Å². The second-order valence-corrected chi connectivity index (χ2v) is 7.98. The third-order valence-electron chi connectivity index (χ3n) is 5.57. The smallest absolute Gasteiger partial charge is 0.319 e. The number of hydrogen-bond donors (Lipinski definition) is 3. The Morgan fingerprint density at radius 2 is 2.00 bits per heavy atom. The first-order valence-electron chi connectivity index (χ1n) is 10.5. The van der Waals surface area contributed by atoms with E-state index >= 15 is 0 Å². The molecule has 2 aromatic carbocycles. The van der Waals surface area contributed by atoms with Crippen molar-refractivity contribution in [3.8, 4) is 11.5 Å². The number of oxazole rings is 1. The first-order chi connectivity index (χ1) is 15.0. The number of rotatable bonds is 6. The Kier molecular flexibility index (Phi) is 6.34. The predicted molar refractivity (Wildman–Crippen MR) is 120 cm³/mol. The molecule has 4 rings (SSSR count). The van der Waals surface area contributed by atoms with E-state index in [4.69, 9.17) is 4.42 Å². The largest absolute Gasteiger partial charge is 0.441 e. The average molecular weight is 421 g/mol. The number of aryl methyl sites for hydroxylation is 2. The van der Waals surface area contributed by atoms with Gasteiger partial charge < -0.3 is 20.2 Å². The molecule has 0 spiro atoms. The number of aliphatic hydroxyl groups excluding tert-OH is 1. The van der Waals surface area contributed by atoms with Crippen molar-refractivity contribution < 1.29 is 14.3 Å². The van der Waals surface area contributed by atoms with Crippen molar-refractivity contribution in [1.29, 1.82) is 0 Å². The van der Waals surface area contributed by atoms with Gasteiger partial charge in [-0.1, -0.05) is 30.3 Å². The summed E-state index contributed by atoms with van der Waals surface area (Å²) in [6, 6.07) is 15.4. The van der Waals surface area contributed by atoms with Gasteiger partial charge in [0, 0.05) is 37.4 Å². The van der Waals surface area contributed by atoms with Gasteiger partial charge in [-0.15, -0.1) is 0 Å². The summed E-state index contributed by atoms with van der Waals surface area (Å²) >= 11 is 0. The summed E-state index contributed by atoms with van der Waals surface area (Å²) < 4.78 is 5.66. The van der Waals surface area contributed by atoms with Gasteiger partial charge in [0.15, 0.2) is 0 Å². The molecule has 1 aromatic heterocycles. The lowest BCUT2D eigenvalue weighted by Gasteiger charge is -2.30. The Balaban J connectivity index is 1.26. The van der Waals surface area contributed by atoms with Crippen LogP contribution in [0.2, 0.25) is 0 Å². The molecule has 1 aliphatic rings. The number of β-amino-alcohol motifs (C(OH)–C–C–N with tert-alkyl or cyclic N) is 1. The minimum absolute atomic E-state index is 0.182. The number of carbonyl (C=O) groups is 1. The zero-order chi connectivity index (χ0) is 21.8. The first kappa shape index (κ1) is 21.1. The maximum absolute atomic E-state index is 12.3. The zero-order valence-electron chi connectivity index (χ0n) is 17.9. The summed E-state index contributed by atoms with van der Waals surface area (Å²) in [5.41, 5.74) is 4.95. The quantitative estimate of drug-likeness (QED) is 0.568. The highest BCUT2D eigenvalue weighted by Crippen LogP contribution is 2.24. The molecule has 3 N–H and O–H groups in total. The normalized spacial score (nSPS) is 14.7. The van der Waals surface area contributed by atoms with Crippen LogP contribution in [0.4, 0.5) is 10.5 Å². The van der Waals surface area contributed by atoms with Gasteiger partial charge in [-0.3, -0.25) is 4.90 Å². The minimum atomic E-state index is -0.638. The Hall–Kier alpha value is -3.16. The lowest BCUT2D eigenvalue weighted by atomic mass is 10.00. The van der Waals surface area contributed by atoms with Gasteiger partial charge in [0.25, 0.3) is 0 Å². The molecule has 0 radical (unpaired) electrons. The summed E-state index contributed by atoms with van der Waals surface area (Å²) in [4.78, 5) is 18.9. The van der Waals surface area contributed by atoms with Crippen LogP contribution >= 0.6 is 0 Å². The third kappa shape index (κ3) is 5.31. The van der Waals surface area contributed by atoms with E-state index in [1.54, 1.807) is 6.07 Å². The Bertz CT molecular complexity index is 1040. The number of aromatic nitrogens is 1. The van der Waals surface area contributed by atoms with Gasteiger partial charge in [0.2, 0.25) is 5.89 Å². The molecular formula is C24H28N4O3. The van der Waals surface area contributed by atoms with Gasteiger partial charge >= 0.3 is 6.03 Å². The number of nitrogens with zero attached hydrogens (tertiary/aromatic N) is 2. The molecule has 1 unspecified atom stereocenters. The molecule has 0 saturated heterocycles. The second-order valence-electron chi connectivity index (χ2n) is 7.98. The highest BCUT2D eigenvalue weighted by atomic mass is 16.4. The van der Waals surface area contributed by atoms with Gasteiger partial charge in [-0.05, 0) is 49.6 Å². The van der Waals surface area contributed by atoms with Gasteiger partial charge in [-0.2, -0.15) is 0 Å². The maximum Gasteiger partial charge on any atom is 0.319 e. The summed E-state index contributed by atoms with van der Waals surface area (Å²) in [6.45, 7) is 6.20. The summed E-state index contributed by atoms with van der Waals surface area (Å²) in [6.07, 6.45) is 0.345. The van der Waals surface area contributed by atoms with Crippen molar-refractivity contribution in [2.45, 2.75) is 32.9 Å². The molecule has 7 heteroatoms. The molecule has 0 aliphatic carbocycles. The molecule has 1 aliphatic heterocycles. The highest BCUT2D eigenvalue weighted by Gasteiger charge is 2.19. The van der Waals surface area contributed by atoms with Gasteiger partial charge in [0.05, 0.1) is 11.8 Å². The van der Waals surface area contributed by atoms with E-state index in [1.165, 1.54) is 11.1 Å². The van der Waals surface area contributed by atoms with Crippen LogP contribution in [0.15, 0.2) is 52.9 Å². The molecule has 3 aromatic rings. The molecule has 0 fully saturated rings. The molecule has 7 nitrogen and oxygen atoms in total. The fourth-order valence-corrected chi connectivity index (χ4v) is 3.78. The van der Waals surface area contributed by atoms with Crippen LogP contribution in [-0.4, -0.2) is 46.8 Å². The molecule has 0 bridgehead atoms. The zero-order valence-corrected chi connectivity index (χ0v) is 17.9. The van der Waals surface area contributed by atoms with Crippen LogP contribution in [0.3, 0.4) is 0 Å². The number of benzene rings is 2. The van der Waals surface area contributed by atoms with E-state index in [2.05, 4.69) is 38.7 Å². The van der Waals surface area contributed by atoms with E-state index in [0.717, 1.165) is 36.5 Å². The fourth-order valence-electron chi connectivity index (χ4n) is 3.78. The monoisotopic (exact) mass is 420 g/mol. The summed E-state index contributed by atoms with van der Waals surface area (Å²) in [5.74, 6) is 1.30. The number of urea groups is 1. The van der Waals surface area contributed by atoms with E-state index in [0.29, 0.717) is 18.1 Å². The lowest BCUT2D eigenvalue weighted by molar-refractivity contribution is 0.106. The highest BCUT2D eigenvalue weighted by molar-refractivity contribution is 5.89. The predicted octanol–water partition coefficient (Wildman–Crippen LogP) is 3.50. The summed E-state index contributed by atoms with van der Waals surface area (Å²) in [7, 11) is 0. The van der Waals surface area contributed by atoms with Crippen molar-refractivity contribution >= 4 is 11.7 Å². The first-order valence-corrected chi connectivity index (χ1v) is 10.5. The van der Waals surface area contributed by atoms with Crippen molar-refractivity contribution in [3.05, 3.63) is 71.1 Å². The Morgan fingerprint density at radius 1 is 1.19 bits per heavy atom. The maximum atomic E-state index is 12.3. The molecule has 31 heavy (non-hydrogen) atoms. The van der Waals surface area contributed by atoms with Crippen LogP contribution in [0.25, 0.3) is 11.5 Å². The van der Waals surface area contributed by atoms with Crippen LogP contribution < -0.4 is 10.6 Å². The van der Waals surface area contributed by atoms with E-state index in [1.807, 2.05) is 38.1 Å². The molecule has 2 heterocycles. The number of fused-ring (bicyclic) bond motifs is 1. The molecular weight excluding hydrogens is 392 g/mol. The van der Waals surface area contributed by atoms with Crippen LogP contribution in [-0.2, 0) is 13.0 Å². The Morgan fingerprint density at radius 3 is 2.77 bits per heavy atom. The number of amides is 2. The van der Waals surface area contributed by atoms with E-state index in [9.17, 15) is 9.90 Å². The average Bonchev–Trinajstić information content (AvgIpc) is 3.11. The third-order valence-corrected chi connectivity index (χ3v) is 5.57. The lowest BCUT2D eigenvalue weighted by Crippen LogP contribution is -2.42.